The van der Waals surface area contributed by atoms with Crippen molar-refractivity contribution < 1.29 is 18.9 Å². The standard InChI is InChI=1S/C54H90S4Si.C38H56Br2S4.C15H32Cl2Si.C4H9.Li/c1-5-9-13-17-21-23-25-27-29-31-35-39-45-43-55-49-47(45)57-51-52-54(59(53(49)51,41-37-33-19-15-11-7-3)42-38-34-20-16-12-8-4)50-48(58-52)46(44-56-50)40-36-32-30-28-26-24-22-18-14-10-6-2;1-3-5-7-9-11-13-15-17-19-21-23-25-29-27-41-35-31(39)37(43-33(29)35)38-32(40)36-34(44-38)30(28-42-36)26-24-22-20-18-16-14-12-10-8-6-4-2;1-3-5-7-9-11-13-15-18(16,17)14-12-10-8-6-4-2;1-3-4-2;/h43-44H,5-42H2,1-4H3;27-28H,3-26H2,1-2H3;3-15H2,1-2H3;1,3-4H2,2H3;/q;;;-1;+1. The van der Waals surface area contributed by atoms with Crippen molar-refractivity contribution in [3.05, 3.63) is 59.6 Å². The number of aryl methyl sites for hydroxylation is 4. The van der Waals surface area contributed by atoms with Gasteiger partial charge in [0, 0.05) is 28.6 Å². The van der Waals surface area contributed by atoms with Crippen LogP contribution in [-0.2, 0) is 25.7 Å². The topological polar surface area (TPSA) is 0 Å². The Hall–Kier alpha value is 1.21. The maximum atomic E-state index is 6.49. The van der Waals surface area contributed by atoms with E-state index in [1.807, 2.05) is 55.7 Å². The first-order chi connectivity index (χ1) is 61.4. The molecule has 1 aliphatic rings. The van der Waals surface area contributed by atoms with Crippen molar-refractivity contribution in [2.45, 2.75) is 555 Å². The molecule has 716 valence electrons. The van der Waals surface area contributed by atoms with E-state index in [0.29, 0.717) is 0 Å². The number of unbranched alkanes of at least 4 members (excludes halogenated alkanes) is 60. The fraction of sp³-hybridized carbons (Fsp3) is 0.775. The van der Waals surface area contributed by atoms with Crippen molar-refractivity contribution in [3.8, 4) is 19.5 Å². The van der Waals surface area contributed by atoms with Gasteiger partial charge in [-0.15, -0.1) is 113 Å². The van der Waals surface area contributed by atoms with E-state index in [1.54, 1.807) is 50.8 Å². The largest absolute Gasteiger partial charge is 1.00 e. The number of hydrogen-bond donors (Lipinski definition) is 0. The molecule has 0 amide bonds. The molecule has 0 atom stereocenters. The van der Waals surface area contributed by atoms with E-state index >= 15 is 0 Å². The third-order valence-electron chi connectivity index (χ3n) is 27.2. The number of halogens is 4. The summed E-state index contributed by atoms with van der Waals surface area (Å²) in [5.41, 5.74) is 6.56. The number of thiophene rings is 8. The second-order valence-corrected chi connectivity index (χ2v) is 59.4. The zero-order valence-electron chi connectivity index (χ0n) is 83.2. The maximum Gasteiger partial charge on any atom is 1.00 e. The molecule has 0 fully saturated rings. The van der Waals surface area contributed by atoms with Gasteiger partial charge in [-0.3, -0.25) is 0 Å². The Balaban J connectivity index is 0.000000367. The molecule has 0 aromatic carbocycles. The van der Waals surface area contributed by atoms with Crippen LogP contribution in [0.4, 0.5) is 0 Å². The van der Waals surface area contributed by atoms with E-state index in [-0.39, 0.29) is 18.9 Å². The zero-order valence-corrected chi connectivity index (χ0v) is 96.5. The first-order valence-electron chi connectivity index (χ1n) is 54.0. The Morgan fingerprint density at radius 3 is 0.651 bits per heavy atom. The molecule has 0 unspecified atom stereocenters. The van der Waals surface area contributed by atoms with Crippen LogP contribution in [0, 0.1) is 6.92 Å². The van der Waals surface area contributed by atoms with Crippen LogP contribution in [0.25, 0.3) is 57.1 Å². The summed E-state index contributed by atoms with van der Waals surface area (Å²) in [6.07, 6.45) is 102. The molecule has 9 rings (SSSR count). The monoisotopic (exact) mass is 2070 g/mol. The van der Waals surface area contributed by atoms with Crippen LogP contribution in [0.2, 0.25) is 24.2 Å². The van der Waals surface area contributed by atoms with Crippen LogP contribution >= 0.6 is 145 Å². The van der Waals surface area contributed by atoms with Crippen molar-refractivity contribution in [1.29, 1.82) is 0 Å². The normalized spacial score (nSPS) is 12.4. The summed E-state index contributed by atoms with van der Waals surface area (Å²) in [7, 11) is -1.90. The van der Waals surface area contributed by atoms with Gasteiger partial charge in [0.1, 0.15) is 8.07 Å². The molecule has 0 saturated carbocycles. The molecule has 126 heavy (non-hydrogen) atoms. The fourth-order valence-corrected chi connectivity index (χ4v) is 44.0. The van der Waals surface area contributed by atoms with E-state index in [9.17, 15) is 0 Å². The van der Waals surface area contributed by atoms with Gasteiger partial charge in [-0.25, -0.2) is 0 Å². The first kappa shape index (κ1) is 118. The van der Waals surface area contributed by atoms with Crippen molar-refractivity contribution in [3.63, 3.8) is 0 Å². The van der Waals surface area contributed by atoms with Gasteiger partial charge in [0.15, 0.2) is 0 Å². The van der Waals surface area contributed by atoms with Crippen LogP contribution in [0.5, 0.6) is 0 Å². The van der Waals surface area contributed by atoms with Gasteiger partial charge in [-0.1, -0.05) is 473 Å². The molecule has 0 bridgehead atoms. The van der Waals surface area contributed by atoms with E-state index < -0.39 is 14.8 Å². The molecular weight excluding hydrogens is 1880 g/mol. The zero-order chi connectivity index (χ0) is 89.5. The Labute approximate surface area is 851 Å². The SMILES string of the molecule is CCCCCCCCCCCCCc1csc2c(Br)c(-c3sc4c(CCCCCCCCCCCCC)csc4c3Br)sc12.CCCCCCCCCCCCCc1csc2c3c(sc12)-c1sc2c(CCCCCCCCCCCCC)csc2c1[Si]3(CCCCCCCC)CCCCCCCC.CCCCCCCC[Si](Cl)(Cl)CCCCCCC.[CH2-]CCC.[Li+]. The molecule has 0 aliphatic carbocycles. The molecule has 0 spiro atoms. The van der Waals surface area contributed by atoms with Gasteiger partial charge in [0.25, 0.3) is 6.69 Å². The minimum Gasteiger partial charge on any atom is -0.343 e. The summed E-state index contributed by atoms with van der Waals surface area (Å²) in [6.45, 7) is 22.3. The van der Waals surface area contributed by atoms with Crippen molar-refractivity contribution in [2.24, 2.45) is 0 Å². The van der Waals surface area contributed by atoms with Crippen molar-refractivity contribution in [1.82, 2.24) is 0 Å². The molecule has 15 heteroatoms. The molecule has 1 aliphatic heterocycles. The smallest absolute Gasteiger partial charge is 0.343 e. The Kier molecular flexibility index (Phi) is 70.2. The minimum atomic E-state index is -1.90. The molecule has 0 nitrogen and oxygen atoms in total. The van der Waals surface area contributed by atoms with Crippen LogP contribution in [-0.4, -0.2) is 14.8 Å². The van der Waals surface area contributed by atoms with Gasteiger partial charge in [-0.2, -0.15) is 6.42 Å². The van der Waals surface area contributed by atoms with Gasteiger partial charge in [-0.05, 0) is 162 Å². The summed E-state index contributed by atoms with van der Waals surface area (Å²) in [5.74, 6) is 0. The molecule has 0 saturated heterocycles. The molecular formula is C111H187Br2Cl2LiS8Si2. The quantitative estimate of drug-likeness (QED) is 0.0154. The van der Waals surface area contributed by atoms with Gasteiger partial charge < -0.3 is 6.92 Å². The average Bonchev–Trinajstić information content (AvgIpc) is 1.51. The molecule has 0 N–H and O–H groups in total. The minimum absolute atomic E-state index is 0. The summed E-state index contributed by atoms with van der Waals surface area (Å²) < 4.78 is 15.5. The Bertz CT molecular complexity index is 3650. The first-order valence-corrected chi connectivity index (χ1v) is 69.2. The molecule has 0 radical (unpaired) electrons. The van der Waals surface area contributed by atoms with Gasteiger partial charge in [0.2, 0.25) is 0 Å². The van der Waals surface area contributed by atoms with Gasteiger partial charge >= 0.3 is 18.9 Å². The third kappa shape index (κ3) is 44.1. The second kappa shape index (κ2) is 75.2. The number of fused-ring (bicyclic) bond motifs is 9. The Morgan fingerprint density at radius 2 is 0.429 bits per heavy atom. The molecule has 9 heterocycles. The fourth-order valence-electron chi connectivity index (χ4n) is 19.2. The second-order valence-electron chi connectivity index (χ2n) is 38.4. The number of hydrogen-bond acceptors (Lipinski definition) is 8. The van der Waals surface area contributed by atoms with E-state index in [1.165, 1.54) is 512 Å². The Morgan fingerprint density at radius 1 is 0.246 bits per heavy atom. The van der Waals surface area contributed by atoms with Crippen LogP contribution in [0.3, 0.4) is 0 Å². The van der Waals surface area contributed by atoms with E-state index in [2.05, 4.69) is 168 Å². The van der Waals surface area contributed by atoms with Crippen LogP contribution in [0.1, 0.15) is 528 Å². The molecule has 8 aromatic rings. The predicted molar refractivity (Wildman–Crippen MR) is 604 cm³/mol. The van der Waals surface area contributed by atoms with E-state index in [4.69, 9.17) is 22.2 Å². The molecule has 8 aromatic heterocycles. The maximum absolute atomic E-state index is 6.49. The summed E-state index contributed by atoms with van der Waals surface area (Å²) in [4.78, 5) is 6.40. The number of rotatable bonds is 77. The summed E-state index contributed by atoms with van der Waals surface area (Å²) in [6, 6.07) is 5.22. The van der Waals surface area contributed by atoms with E-state index in [0.717, 1.165) is 18.5 Å². The van der Waals surface area contributed by atoms with Gasteiger partial charge in [0.05, 0.1) is 37.5 Å². The summed E-state index contributed by atoms with van der Waals surface area (Å²) in [5, 5.41) is 14.0. The third-order valence-corrected chi connectivity index (χ3v) is 50.4. The van der Waals surface area contributed by atoms with Crippen LogP contribution < -0.4 is 29.2 Å². The van der Waals surface area contributed by atoms with Crippen molar-refractivity contribution >= 4 is 207 Å². The summed E-state index contributed by atoms with van der Waals surface area (Å²) >= 11 is 37.9. The van der Waals surface area contributed by atoms with Crippen molar-refractivity contribution in [2.75, 3.05) is 0 Å². The average molecular weight is 2070 g/mol. The predicted octanol–water partition coefficient (Wildman–Crippen LogP) is 43.2. The van der Waals surface area contributed by atoms with Crippen LogP contribution in [0.15, 0.2) is 30.5 Å².